The van der Waals surface area contributed by atoms with E-state index >= 15 is 0 Å². The molecular formula is C12H19N5O. The van der Waals surface area contributed by atoms with Gasteiger partial charge in [-0.2, -0.15) is 14.6 Å². The van der Waals surface area contributed by atoms with E-state index in [2.05, 4.69) is 34.2 Å². The average molecular weight is 249 g/mol. The molecule has 0 bridgehead atoms. The first-order chi connectivity index (χ1) is 8.78. The first-order valence-corrected chi connectivity index (χ1v) is 6.35. The molecule has 0 aromatic carbocycles. The number of fused-ring (bicyclic) bond motifs is 1. The van der Waals surface area contributed by atoms with Crippen molar-refractivity contribution in [2.24, 2.45) is 0 Å². The van der Waals surface area contributed by atoms with E-state index in [1.807, 2.05) is 6.07 Å². The van der Waals surface area contributed by atoms with Crippen LogP contribution < -0.4 is 5.32 Å². The number of aliphatic hydroxyl groups is 1. The molecule has 2 heterocycles. The number of aryl methyl sites for hydroxylation is 1. The first kappa shape index (κ1) is 12.8. The van der Waals surface area contributed by atoms with Gasteiger partial charge in [0.05, 0.1) is 0 Å². The van der Waals surface area contributed by atoms with Crippen molar-refractivity contribution in [2.45, 2.75) is 39.2 Å². The Labute approximate surface area is 106 Å². The minimum absolute atomic E-state index is 0.178. The number of aromatic nitrogens is 4. The lowest BCUT2D eigenvalue weighted by atomic mass is 10.1. The van der Waals surface area contributed by atoms with Crippen molar-refractivity contribution in [3.05, 3.63) is 18.1 Å². The smallest absolute Gasteiger partial charge is 0.254 e. The summed E-state index contributed by atoms with van der Waals surface area (Å²) >= 11 is 0. The van der Waals surface area contributed by atoms with Crippen LogP contribution in [0.2, 0.25) is 0 Å². The van der Waals surface area contributed by atoms with Gasteiger partial charge in [-0.15, -0.1) is 0 Å². The van der Waals surface area contributed by atoms with E-state index < -0.39 is 0 Å². The maximum absolute atomic E-state index is 9.03. The molecule has 0 aliphatic carbocycles. The molecule has 0 amide bonds. The summed E-state index contributed by atoms with van der Waals surface area (Å²) in [5.41, 5.74) is 0.983. The fourth-order valence-electron chi connectivity index (χ4n) is 1.89. The van der Waals surface area contributed by atoms with Gasteiger partial charge in [-0.3, -0.25) is 0 Å². The molecule has 0 radical (unpaired) electrons. The van der Waals surface area contributed by atoms with E-state index in [1.54, 1.807) is 4.52 Å². The summed E-state index contributed by atoms with van der Waals surface area (Å²) in [6.45, 7) is 4.33. The standard InChI is InChI=1S/C12H19N5O/c1-3-9(5-6-18)15-11-7-10(4-2)16-12-13-8-14-17(11)12/h7-9,15,18H,3-6H2,1-2H3. The largest absolute Gasteiger partial charge is 0.396 e. The molecule has 0 aliphatic rings. The average Bonchev–Trinajstić information content (AvgIpc) is 2.86. The Kier molecular flexibility index (Phi) is 4.09. The second kappa shape index (κ2) is 5.77. The van der Waals surface area contributed by atoms with E-state index in [-0.39, 0.29) is 12.6 Å². The van der Waals surface area contributed by atoms with Crippen LogP contribution in [-0.2, 0) is 6.42 Å². The molecule has 98 valence electrons. The number of nitrogens with one attached hydrogen (secondary N) is 1. The van der Waals surface area contributed by atoms with Crippen molar-refractivity contribution < 1.29 is 5.11 Å². The molecule has 0 saturated carbocycles. The molecule has 2 aromatic rings. The summed E-state index contributed by atoms with van der Waals surface area (Å²) in [6.07, 6.45) is 4.02. The van der Waals surface area contributed by atoms with Crippen LogP contribution in [0.4, 0.5) is 5.82 Å². The highest BCUT2D eigenvalue weighted by Gasteiger charge is 2.11. The Morgan fingerprint density at radius 1 is 1.44 bits per heavy atom. The Balaban J connectivity index is 2.32. The van der Waals surface area contributed by atoms with Crippen molar-refractivity contribution in [2.75, 3.05) is 11.9 Å². The molecule has 18 heavy (non-hydrogen) atoms. The van der Waals surface area contributed by atoms with Crippen LogP contribution in [0.1, 0.15) is 32.4 Å². The zero-order valence-electron chi connectivity index (χ0n) is 10.8. The van der Waals surface area contributed by atoms with Crippen molar-refractivity contribution >= 4 is 11.6 Å². The van der Waals surface area contributed by atoms with Gasteiger partial charge in [0.1, 0.15) is 12.1 Å². The topological polar surface area (TPSA) is 75.3 Å². The summed E-state index contributed by atoms with van der Waals surface area (Å²) in [7, 11) is 0. The van der Waals surface area contributed by atoms with E-state index in [9.17, 15) is 0 Å². The predicted molar refractivity (Wildman–Crippen MR) is 69.6 cm³/mol. The lowest BCUT2D eigenvalue weighted by Crippen LogP contribution is -2.22. The fraction of sp³-hybridized carbons (Fsp3) is 0.583. The third kappa shape index (κ3) is 2.59. The highest BCUT2D eigenvalue weighted by atomic mass is 16.3. The summed E-state index contributed by atoms with van der Waals surface area (Å²) < 4.78 is 1.69. The molecule has 0 fully saturated rings. The normalized spacial score (nSPS) is 12.8. The van der Waals surface area contributed by atoms with Gasteiger partial charge < -0.3 is 10.4 Å². The summed E-state index contributed by atoms with van der Waals surface area (Å²) in [4.78, 5) is 8.51. The van der Waals surface area contributed by atoms with Crippen LogP contribution >= 0.6 is 0 Å². The van der Waals surface area contributed by atoms with Gasteiger partial charge in [0, 0.05) is 24.4 Å². The summed E-state index contributed by atoms with van der Waals surface area (Å²) in [5, 5.41) is 16.6. The number of nitrogens with zero attached hydrogens (tertiary/aromatic N) is 4. The molecule has 6 nitrogen and oxygen atoms in total. The second-order valence-corrected chi connectivity index (χ2v) is 4.22. The van der Waals surface area contributed by atoms with E-state index in [4.69, 9.17) is 5.11 Å². The Hall–Kier alpha value is -1.69. The molecule has 0 saturated heterocycles. The van der Waals surface area contributed by atoms with Gasteiger partial charge >= 0.3 is 0 Å². The minimum atomic E-state index is 0.178. The molecule has 2 N–H and O–H groups in total. The highest BCUT2D eigenvalue weighted by Crippen LogP contribution is 2.14. The molecule has 2 aromatic heterocycles. The number of rotatable bonds is 6. The maximum Gasteiger partial charge on any atom is 0.254 e. The monoisotopic (exact) mass is 249 g/mol. The zero-order valence-corrected chi connectivity index (χ0v) is 10.8. The fourth-order valence-corrected chi connectivity index (χ4v) is 1.89. The molecular weight excluding hydrogens is 230 g/mol. The predicted octanol–water partition coefficient (Wildman–Crippen LogP) is 1.26. The van der Waals surface area contributed by atoms with Crippen molar-refractivity contribution in [3.8, 4) is 0 Å². The Morgan fingerprint density at radius 3 is 2.94 bits per heavy atom. The Morgan fingerprint density at radius 2 is 2.28 bits per heavy atom. The molecule has 2 rings (SSSR count). The zero-order chi connectivity index (χ0) is 13.0. The van der Waals surface area contributed by atoms with Gasteiger partial charge in [0.2, 0.25) is 0 Å². The molecule has 6 heteroatoms. The molecule has 0 spiro atoms. The lowest BCUT2D eigenvalue weighted by molar-refractivity contribution is 0.278. The third-order valence-corrected chi connectivity index (χ3v) is 2.99. The van der Waals surface area contributed by atoms with Crippen molar-refractivity contribution in [1.29, 1.82) is 0 Å². The Bertz CT molecular complexity index is 510. The lowest BCUT2D eigenvalue weighted by Gasteiger charge is -2.17. The van der Waals surface area contributed by atoms with E-state index in [0.29, 0.717) is 5.78 Å². The van der Waals surface area contributed by atoms with Gasteiger partial charge in [-0.05, 0) is 19.3 Å². The van der Waals surface area contributed by atoms with Gasteiger partial charge in [-0.25, -0.2) is 4.98 Å². The van der Waals surface area contributed by atoms with Crippen molar-refractivity contribution in [3.63, 3.8) is 0 Å². The van der Waals surface area contributed by atoms with Crippen LogP contribution in [0.25, 0.3) is 5.78 Å². The van der Waals surface area contributed by atoms with Crippen molar-refractivity contribution in [1.82, 2.24) is 19.6 Å². The van der Waals surface area contributed by atoms with Crippen LogP contribution in [0.5, 0.6) is 0 Å². The minimum Gasteiger partial charge on any atom is -0.396 e. The summed E-state index contributed by atoms with van der Waals surface area (Å²) in [6, 6.07) is 2.22. The molecule has 1 unspecified atom stereocenters. The van der Waals surface area contributed by atoms with Crippen LogP contribution in [0, 0.1) is 0 Å². The van der Waals surface area contributed by atoms with Crippen LogP contribution in [-0.4, -0.2) is 37.3 Å². The first-order valence-electron chi connectivity index (χ1n) is 6.35. The van der Waals surface area contributed by atoms with E-state index in [0.717, 1.165) is 30.8 Å². The molecule has 1 atom stereocenters. The quantitative estimate of drug-likeness (QED) is 0.806. The third-order valence-electron chi connectivity index (χ3n) is 2.99. The number of aliphatic hydroxyl groups excluding tert-OH is 1. The molecule has 0 aliphatic heterocycles. The second-order valence-electron chi connectivity index (χ2n) is 4.22. The van der Waals surface area contributed by atoms with Crippen LogP contribution in [0.15, 0.2) is 12.4 Å². The summed E-state index contributed by atoms with van der Waals surface area (Å²) in [5.74, 6) is 1.49. The van der Waals surface area contributed by atoms with E-state index in [1.165, 1.54) is 6.33 Å². The SMILES string of the molecule is CCc1cc(NC(CC)CCO)n2ncnc2n1. The maximum atomic E-state index is 9.03. The highest BCUT2D eigenvalue weighted by molar-refractivity contribution is 5.45. The number of anilines is 1. The number of hydrogen-bond acceptors (Lipinski definition) is 5. The van der Waals surface area contributed by atoms with Gasteiger partial charge in [0.25, 0.3) is 5.78 Å². The van der Waals surface area contributed by atoms with Gasteiger partial charge in [-0.1, -0.05) is 13.8 Å². The van der Waals surface area contributed by atoms with Gasteiger partial charge in [0.15, 0.2) is 0 Å². The number of hydrogen-bond donors (Lipinski definition) is 2. The van der Waals surface area contributed by atoms with Crippen LogP contribution in [0.3, 0.4) is 0 Å².